The van der Waals surface area contributed by atoms with Crippen molar-refractivity contribution in [2.24, 2.45) is 0 Å². The predicted octanol–water partition coefficient (Wildman–Crippen LogP) is 0.239. The van der Waals surface area contributed by atoms with Gasteiger partial charge in [0.2, 0.25) is 0 Å². The minimum absolute atomic E-state index is 0.165. The van der Waals surface area contributed by atoms with E-state index in [-0.39, 0.29) is 17.6 Å². The predicted molar refractivity (Wildman–Crippen MR) is 67.3 cm³/mol. The molecule has 1 fully saturated rings. The fourth-order valence-corrected chi connectivity index (χ4v) is 1.93. The van der Waals surface area contributed by atoms with E-state index in [4.69, 9.17) is 1.37 Å². The van der Waals surface area contributed by atoms with Crippen molar-refractivity contribution in [2.75, 3.05) is 31.6 Å². The van der Waals surface area contributed by atoms with Crippen molar-refractivity contribution in [1.82, 2.24) is 15.6 Å². The summed E-state index contributed by atoms with van der Waals surface area (Å²) in [5.74, 6) is -0.319. The third-order valence-electron chi connectivity index (χ3n) is 2.86. The van der Waals surface area contributed by atoms with Gasteiger partial charge >= 0.3 is 0 Å². The fraction of sp³-hybridized carbons (Fsp3) is 0.500. The number of carbonyl (C=O) groups is 1. The summed E-state index contributed by atoms with van der Waals surface area (Å²) in [5, 5.41) is 5.85. The van der Waals surface area contributed by atoms with Gasteiger partial charge in [-0.05, 0) is 19.0 Å². The standard InChI is InChI=1S/C12H18N4O/c1-9-8-16(6-5-14-9)10-3-4-11(15-7-10)12(17)13-2/h3-4,7,9,14H,5-6,8H2,1-2H3,(H,13,17)/t9-/m1/s1/i4D. The molecule has 0 bridgehead atoms. The number of piperazine rings is 1. The molecule has 0 aromatic carbocycles. The Morgan fingerprint density at radius 3 is 3.24 bits per heavy atom. The molecule has 1 aliphatic rings. The number of hydrogen-bond donors (Lipinski definition) is 2. The highest BCUT2D eigenvalue weighted by molar-refractivity contribution is 5.92. The van der Waals surface area contributed by atoms with Gasteiger partial charge in [-0.25, -0.2) is 4.98 Å². The van der Waals surface area contributed by atoms with Crippen molar-refractivity contribution in [3.8, 4) is 0 Å². The van der Waals surface area contributed by atoms with E-state index in [0.717, 1.165) is 25.3 Å². The molecule has 0 saturated carbocycles. The van der Waals surface area contributed by atoms with Crippen molar-refractivity contribution < 1.29 is 6.17 Å². The van der Waals surface area contributed by atoms with Gasteiger partial charge in [-0.3, -0.25) is 4.79 Å². The summed E-state index contributed by atoms with van der Waals surface area (Å²) in [6.07, 6.45) is 1.67. The summed E-state index contributed by atoms with van der Waals surface area (Å²) in [6.45, 7) is 4.83. The average Bonchev–Trinajstić information content (AvgIpc) is 2.37. The van der Waals surface area contributed by atoms with Crippen molar-refractivity contribution >= 4 is 11.6 Å². The van der Waals surface area contributed by atoms with Crippen molar-refractivity contribution in [1.29, 1.82) is 0 Å². The molecule has 0 spiro atoms. The quantitative estimate of drug-likeness (QED) is 0.771. The molecule has 17 heavy (non-hydrogen) atoms. The second-order valence-corrected chi connectivity index (χ2v) is 4.20. The molecule has 2 rings (SSSR count). The van der Waals surface area contributed by atoms with E-state index in [0.29, 0.717) is 6.04 Å². The lowest BCUT2D eigenvalue weighted by Crippen LogP contribution is -2.49. The summed E-state index contributed by atoms with van der Waals surface area (Å²) in [5.41, 5.74) is 1.07. The molecule has 1 aliphatic heterocycles. The van der Waals surface area contributed by atoms with E-state index in [1.54, 1.807) is 12.3 Å². The smallest absolute Gasteiger partial charge is 0.269 e. The van der Waals surface area contributed by atoms with Gasteiger partial charge in [-0.2, -0.15) is 0 Å². The van der Waals surface area contributed by atoms with Crippen LogP contribution in [0.2, 0.25) is 0 Å². The van der Waals surface area contributed by atoms with Crippen LogP contribution in [0.5, 0.6) is 0 Å². The number of carbonyl (C=O) groups excluding carboxylic acids is 1. The number of nitrogens with one attached hydrogen (secondary N) is 2. The van der Waals surface area contributed by atoms with Crippen LogP contribution in [-0.2, 0) is 0 Å². The van der Waals surface area contributed by atoms with E-state index in [1.165, 1.54) is 7.05 Å². The number of hydrogen-bond acceptors (Lipinski definition) is 4. The van der Waals surface area contributed by atoms with Gasteiger partial charge in [0.15, 0.2) is 0 Å². The summed E-state index contributed by atoms with van der Waals surface area (Å²) >= 11 is 0. The van der Waals surface area contributed by atoms with E-state index < -0.39 is 0 Å². The monoisotopic (exact) mass is 235 g/mol. The third-order valence-corrected chi connectivity index (χ3v) is 2.86. The first-order valence-corrected chi connectivity index (χ1v) is 5.79. The SMILES string of the molecule is [2H]c1cc(N2CCN[C@H](C)C2)cnc1C(=O)NC. The lowest BCUT2D eigenvalue weighted by molar-refractivity contribution is 0.0958. The molecule has 0 aliphatic carbocycles. The van der Waals surface area contributed by atoms with Crippen LogP contribution in [0.4, 0.5) is 5.69 Å². The Balaban J connectivity index is 2.20. The van der Waals surface area contributed by atoms with Crippen LogP contribution < -0.4 is 15.5 Å². The largest absolute Gasteiger partial charge is 0.367 e. The first kappa shape index (κ1) is 10.5. The van der Waals surface area contributed by atoms with Crippen LogP contribution in [0.15, 0.2) is 18.3 Å². The molecular weight excluding hydrogens is 216 g/mol. The van der Waals surface area contributed by atoms with Crippen LogP contribution in [0.25, 0.3) is 0 Å². The zero-order chi connectivity index (χ0) is 13.1. The van der Waals surface area contributed by atoms with E-state index in [1.807, 2.05) is 0 Å². The number of aromatic nitrogens is 1. The van der Waals surface area contributed by atoms with Crippen LogP contribution in [0.3, 0.4) is 0 Å². The first-order valence-electron chi connectivity index (χ1n) is 6.29. The highest BCUT2D eigenvalue weighted by Crippen LogP contribution is 2.14. The zero-order valence-electron chi connectivity index (χ0n) is 11.2. The Labute approximate surface area is 103 Å². The second-order valence-electron chi connectivity index (χ2n) is 4.20. The fourth-order valence-electron chi connectivity index (χ4n) is 1.93. The maximum Gasteiger partial charge on any atom is 0.269 e. The molecule has 1 aromatic heterocycles. The van der Waals surface area contributed by atoms with Crippen LogP contribution in [0.1, 0.15) is 18.8 Å². The minimum atomic E-state index is -0.319. The van der Waals surface area contributed by atoms with Crippen LogP contribution in [0, 0.1) is 0 Å². The summed E-state index contributed by atoms with van der Waals surface area (Å²) in [7, 11) is 1.54. The molecule has 5 heteroatoms. The topological polar surface area (TPSA) is 57.3 Å². The van der Waals surface area contributed by atoms with E-state index in [2.05, 4.69) is 27.4 Å². The number of pyridine rings is 1. The van der Waals surface area contributed by atoms with Gasteiger partial charge in [0.05, 0.1) is 13.3 Å². The molecule has 1 atom stereocenters. The van der Waals surface area contributed by atoms with Crippen molar-refractivity contribution in [3.05, 3.63) is 24.0 Å². The summed E-state index contributed by atoms with van der Waals surface area (Å²) in [4.78, 5) is 17.7. The van der Waals surface area contributed by atoms with Gasteiger partial charge in [0, 0.05) is 32.7 Å². The zero-order valence-corrected chi connectivity index (χ0v) is 10.2. The Morgan fingerprint density at radius 1 is 1.76 bits per heavy atom. The Kier molecular flexibility index (Phi) is 3.18. The minimum Gasteiger partial charge on any atom is -0.367 e. The van der Waals surface area contributed by atoms with Gasteiger partial charge in [-0.1, -0.05) is 0 Å². The number of anilines is 1. The molecule has 5 nitrogen and oxygen atoms in total. The molecule has 0 unspecified atom stereocenters. The van der Waals surface area contributed by atoms with Gasteiger partial charge in [-0.15, -0.1) is 0 Å². The van der Waals surface area contributed by atoms with Crippen LogP contribution in [-0.4, -0.2) is 43.6 Å². The van der Waals surface area contributed by atoms with Gasteiger partial charge in [0.1, 0.15) is 5.69 Å². The summed E-state index contributed by atoms with van der Waals surface area (Å²) in [6, 6.07) is 2.29. The molecule has 0 radical (unpaired) electrons. The maximum absolute atomic E-state index is 11.5. The molecule has 92 valence electrons. The molecular formula is C12H18N4O. The number of nitrogens with zero attached hydrogens (tertiary/aromatic N) is 2. The average molecular weight is 235 g/mol. The van der Waals surface area contributed by atoms with E-state index in [9.17, 15) is 4.79 Å². The molecule has 1 saturated heterocycles. The van der Waals surface area contributed by atoms with Crippen LogP contribution >= 0.6 is 0 Å². The Bertz CT molecular complexity index is 452. The molecule has 1 aromatic rings. The highest BCUT2D eigenvalue weighted by Gasteiger charge is 2.16. The normalized spacial score (nSPS) is 20.9. The Hall–Kier alpha value is -1.62. The lowest BCUT2D eigenvalue weighted by atomic mass is 10.2. The molecule has 2 N–H and O–H groups in total. The van der Waals surface area contributed by atoms with Gasteiger partial charge < -0.3 is 15.5 Å². The highest BCUT2D eigenvalue weighted by atomic mass is 16.1. The van der Waals surface area contributed by atoms with E-state index >= 15 is 0 Å². The lowest BCUT2D eigenvalue weighted by Gasteiger charge is -2.33. The van der Waals surface area contributed by atoms with Crippen molar-refractivity contribution in [3.63, 3.8) is 0 Å². The van der Waals surface area contributed by atoms with Crippen molar-refractivity contribution in [2.45, 2.75) is 13.0 Å². The molecule has 2 heterocycles. The third kappa shape index (κ3) is 2.74. The van der Waals surface area contributed by atoms with Gasteiger partial charge in [0.25, 0.3) is 5.91 Å². The second kappa shape index (κ2) is 5.14. The maximum atomic E-state index is 11.5. The Morgan fingerprint density at radius 2 is 2.59 bits per heavy atom. The molecule has 1 amide bonds. The summed E-state index contributed by atoms with van der Waals surface area (Å²) < 4.78 is 7.85. The number of rotatable bonds is 2. The first-order chi connectivity index (χ1) is 8.61. The number of amides is 1.